The molecule has 0 aliphatic heterocycles. The van der Waals surface area contributed by atoms with Crippen LogP contribution in [0.25, 0.3) is 0 Å². The first-order valence-electron chi connectivity index (χ1n) is 8.13. The van der Waals surface area contributed by atoms with Crippen molar-refractivity contribution < 1.29 is 9.53 Å². The van der Waals surface area contributed by atoms with Crippen LogP contribution in [0.1, 0.15) is 57.4 Å². The molecule has 2 rings (SSSR count). The van der Waals surface area contributed by atoms with Gasteiger partial charge in [0.1, 0.15) is 0 Å². The van der Waals surface area contributed by atoms with Crippen LogP contribution in [0.4, 0.5) is 4.79 Å². The monoisotopic (exact) mass is 325 g/mol. The fourth-order valence-corrected chi connectivity index (χ4v) is 3.47. The molecule has 1 atom stereocenters. The Bertz CT molecular complexity index is 442. The van der Waals surface area contributed by atoms with Gasteiger partial charge < -0.3 is 15.4 Å². The molecule has 2 N–H and O–H groups in total. The first kappa shape index (κ1) is 17.2. The Morgan fingerprint density at radius 3 is 2.68 bits per heavy atom. The van der Waals surface area contributed by atoms with E-state index in [1.165, 1.54) is 0 Å². The first-order chi connectivity index (χ1) is 10.5. The minimum Gasteiger partial charge on any atom is -0.376 e. The van der Waals surface area contributed by atoms with Gasteiger partial charge in [-0.1, -0.05) is 6.92 Å². The summed E-state index contributed by atoms with van der Waals surface area (Å²) in [6.45, 7) is 6.83. The maximum atomic E-state index is 12.0. The van der Waals surface area contributed by atoms with E-state index in [1.807, 2.05) is 5.38 Å². The van der Waals surface area contributed by atoms with Gasteiger partial charge in [0.05, 0.1) is 17.2 Å². The Morgan fingerprint density at radius 2 is 2.09 bits per heavy atom. The van der Waals surface area contributed by atoms with E-state index in [2.05, 4.69) is 36.4 Å². The van der Waals surface area contributed by atoms with E-state index in [4.69, 9.17) is 4.74 Å². The Hall–Kier alpha value is -1.14. The molecule has 22 heavy (non-hydrogen) atoms. The molecule has 1 saturated carbocycles. The minimum atomic E-state index is -0.0726. The smallest absolute Gasteiger partial charge is 0.315 e. The van der Waals surface area contributed by atoms with Gasteiger partial charge in [-0.05, 0) is 39.5 Å². The normalized spacial score (nSPS) is 23.3. The fourth-order valence-electron chi connectivity index (χ4n) is 2.78. The van der Waals surface area contributed by atoms with Crippen LogP contribution in [0.15, 0.2) is 11.6 Å². The highest BCUT2D eigenvalue weighted by Crippen LogP contribution is 2.22. The summed E-state index contributed by atoms with van der Waals surface area (Å²) in [5.74, 6) is 0.251. The molecule has 1 aliphatic rings. The number of ether oxygens (including phenoxy) is 1. The maximum absolute atomic E-state index is 12.0. The lowest BCUT2D eigenvalue weighted by molar-refractivity contribution is -0.0155. The van der Waals surface area contributed by atoms with Gasteiger partial charge in [-0.3, -0.25) is 0 Å². The van der Waals surface area contributed by atoms with Crippen LogP contribution in [-0.4, -0.2) is 35.8 Å². The molecule has 1 fully saturated rings. The van der Waals surface area contributed by atoms with Gasteiger partial charge in [-0.25, -0.2) is 9.78 Å². The Kier molecular flexibility index (Phi) is 6.64. The molecule has 0 saturated heterocycles. The van der Waals surface area contributed by atoms with Crippen molar-refractivity contribution in [3.05, 3.63) is 16.6 Å². The van der Waals surface area contributed by atoms with Gasteiger partial charge in [-0.2, -0.15) is 0 Å². The van der Waals surface area contributed by atoms with Crippen LogP contribution >= 0.6 is 11.3 Å². The number of nitrogens with one attached hydrogen (secondary N) is 2. The number of hydrogen-bond donors (Lipinski definition) is 2. The predicted octanol–water partition coefficient (Wildman–Crippen LogP) is 3.28. The van der Waals surface area contributed by atoms with E-state index < -0.39 is 0 Å². The maximum Gasteiger partial charge on any atom is 0.315 e. The lowest BCUT2D eigenvalue weighted by Crippen LogP contribution is -2.45. The summed E-state index contributed by atoms with van der Waals surface area (Å²) in [4.78, 5) is 16.2. The highest BCUT2D eigenvalue weighted by molar-refractivity contribution is 7.09. The molecular weight excluding hydrogens is 298 g/mol. The van der Waals surface area contributed by atoms with E-state index in [0.717, 1.165) is 30.7 Å². The molecule has 1 aromatic rings. The summed E-state index contributed by atoms with van der Waals surface area (Å²) < 4.78 is 5.83. The molecule has 1 aromatic heterocycles. The number of rotatable bonds is 6. The quantitative estimate of drug-likeness (QED) is 0.843. The number of thiazole rings is 1. The van der Waals surface area contributed by atoms with Crippen molar-refractivity contribution in [2.45, 2.75) is 70.6 Å². The van der Waals surface area contributed by atoms with Crippen LogP contribution in [0.5, 0.6) is 0 Å². The number of urea groups is 1. The summed E-state index contributed by atoms with van der Waals surface area (Å²) in [6.07, 6.45) is 6.47. The van der Waals surface area contributed by atoms with Crippen LogP contribution in [0.2, 0.25) is 0 Å². The van der Waals surface area contributed by atoms with Gasteiger partial charge in [0.2, 0.25) is 0 Å². The summed E-state index contributed by atoms with van der Waals surface area (Å²) in [5.41, 5.74) is 0. The topological polar surface area (TPSA) is 63.2 Å². The number of carbonyl (C=O) groups is 1. The van der Waals surface area contributed by atoms with Crippen molar-refractivity contribution in [2.24, 2.45) is 0 Å². The molecule has 1 aliphatic carbocycles. The zero-order chi connectivity index (χ0) is 15.9. The second kappa shape index (κ2) is 8.48. The molecule has 1 heterocycles. The highest BCUT2D eigenvalue weighted by Gasteiger charge is 2.23. The third-order valence-corrected chi connectivity index (χ3v) is 4.92. The Labute approximate surface area is 136 Å². The van der Waals surface area contributed by atoms with E-state index in [1.54, 1.807) is 17.5 Å². The van der Waals surface area contributed by atoms with Gasteiger partial charge in [0, 0.05) is 30.1 Å². The highest BCUT2D eigenvalue weighted by atomic mass is 32.1. The SMILES string of the molecule is CC(C)OC1CCC(NC(=O)NC[C@@H](C)c2nccs2)CC1. The van der Waals surface area contributed by atoms with Crippen LogP contribution < -0.4 is 10.6 Å². The zero-order valence-electron chi connectivity index (χ0n) is 13.7. The predicted molar refractivity (Wildman–Crippen MR) is 89.3 cm³/mol. The number of nitrogens with zero attached hydrogens (tertiary/aromatic N) is 1. The molecule has 0 unspecified atom stereocenters. The largest absolute Gasteiger partial charge is 0.376 e. The molecule has 0 spiro atoms. The minimum absolute atomic E-state index is 0.0726. The van der Waals surface area contributed by atoms with Gasteiger partial charge in [0.15, 0.2) is 0 Å². The third kappa shape index (κ3) is 5.57. The first-order valence-corrected chi connectivity index (χ1v) is 9.01. The van der Waals surface area contributed by atoms with Crippen molar-refractivity contribution in [3.63, 3.8) is 0 Å². The van der Waals surface area contributed by atoms with Crippen LogP contribution in [0.3, 0.4) is 0 Å². The van der Waals surface area contributed by atoms with Crippen LogP contribution in [-0.2, 0) is 4.74 Å². The lowest BCUT2D eigenvalue weighted by atomic mass is 9.93. The number of aromatic nitrogens is 1. The number of hydrogen-bond acceptors (Lipinski definition) is 4. The third-order valence-electron chi connectivity index (χ3n) is 3.92. The molecule has 5 nitrogen and oxygen atoms in total. The number of amides is 2. The fraction of sp³-hybridized carbons (Fsp3) is 0.750. The second-order valence-corrected chi connectivity index (χ2v) is 7.21. The van der Waals surface area contributed by atoms with Gasteiger partial charge >= 0.3 is 6.03 Å². The van der Waals surface area contributed by atoms with Crippen molar-refractivity contribution in [1.82, 2.24) is 15.6 Å². The molecule has 124 valence electrons. The molecular formula is C16H27N3O2S. The van der Waals surface area contributed by atoms with E-state index in [0.29, 0.717) is 12.6 Å². The van der Waals surface area contributed by atoms with Crippen molar-refractivity contribution in [3.8, 4) is 0 Å². The van der Waals surface area contributed by atoms with Gasteiger partial charge in [-0.15, -0.1) is 11.3 Å². The number of carbonyl (C=O) groups excluding carboxylic acids is 1. The Balaban J connectivity index is 1.64. The molecule has 0 bridgehead atoms. The van der Waals surface area contributed by atoms with Crippen molar-refractivity contribution >= 4 is 17.4 Å². The van der Waals surface area contributed by atoms with Crippen molar-refractivity contribution in [1.29, 1.82) is 0 Å². The zero-order valence-corrected chi connectivity index (χ0v) is 14.5. The average molecular weight is 325 g/mol. The second-order valence-electron chi connectivity index (χ2n) is 6.28. The summed E-state index contributed by atoms with van der Waals surface area (Å²) in [7, 11) is 0. The summed E-state index contributed by atoms with van der Waals surface area (Å²) >= 11 is 1.63. The van der Waals surface area contributed by atoms with Crippen LogP contribution in [0, 0.1) is 0 Å². The summed E-state index contributed by atoms with van der Waals surface area (Å²) in [6, 6.07) is 0.193. The van der Waals surface area contributed by atoms with Crippen molar-refractivity contribution in [2.75, 3.05) is 6.54 Å². The average Bonchev–Trinajstić information content (AvgIpc) is 3.00. The standard InChI is InChI=1S/C16H27N3O2S/c1-11(2)21-14-6-4-13(5-7-14)19-16(20)18-10-12(3)15-17-8-9-22-15/h8-9,11-14H,4-7,10H2,1-3H3,(H2,18,19,20)/t12-,13?,14?/m1/s1. The molecule has 2 amide bonds. The molecule has 0 radical (unpaired) electrons. The lowest BCUT2D eigenvalue weighted by Gasteiger charge is -2.30. The molecule has 0 aromatic carbocycles. The van der Waals surface area contributed by atoms with Gasteiger partial charge in [0.25, 0.3) is 0 Å². The Morgan fingerprint density at radius 1 is 1.36 bits per heavy atom. The summed E-state index contributed by atoms with van der Waals surface area (Å²) in [5, 5.41) is 9.04. The van der Waals surface area contributed by atoms with E-state index in [-0.39, 0.29) is 24.1 Å². The van der Waals surface area contributed by atoms with E-state index in [9.17, 15) is 4.79 Å². The van der Waals surface area contributed by atoms with E-state index >= 15 is 0 Å². The molecule has 6 heteroatoms.